The number of likely N-dealkylation sites (tertiary alicyclic amines) is 2. The van der Waals surface area contributed by atoms with Crippen molar-refractivity contribution in [3.63, 3.8) is 0 Å². The van der Waals surface area contributed by atoms with E-state index >= 15 is 0 Å². The Bertz CT molecular complexity index is 2570. The number of nitrogens with zero attached hydrogens (tertiary/aromatic N) is 4. The maximum absolute atomic E-state index is 14.0. The second-order valence-corrected chi connectivity index (χ2v) is 18.3. The van der Waals surface area contributed by atoms with Gasteiger partial charge in [-0.1, -0.05) is 62.4 Å². The van der Waals surface area contributed by atoms with Crippen LogP contribution in [0.15, 0.2) is 73.1 Å². The van der Waals surface area contributed by atoms with Gasteiger partial charge in [0.25, 0.3) is 0 Å². The smallest absolute Gasteiger partial charge is 0.407 e. The first kappa shape index (κ1) is 43.9. The number of methoxy groups -OCH3 is 2. The Labute approximate surface area is 375 Å². The lowest BCUT2D eigenvalue weighted by atomic mass is 9.95. The quantitative estimate of drug-likeness (QED) is 0.0855. The SMILES string of the molecule is COC(=O)N[C@@H](CCOC(F)F)C(=O)N1CC2(CC2)C[C@H]1c1ncc(-c2ccc3cc(-c4ccc(-c5cnc([C@@H]6[C@@H]7CC[C@H](C7)N6C(=O)[C@@H](NC(=O)OC)C(C)C)[nH]5)cc4)ccc3c2)[nH]1. The van der Waals surface area contributed by atoms with E-state index in [0.717, 1.165) is 82.3 Å². The highest BCUT2D eigenvalue weighted by molar-refractivity contribution is 5.91. The number of hydrogen-bond donors (Lipinski definition) is 4. The minimum atomic E-state index is -2.99. The molecule has 4 N–H and O–H groups in total. The minimum absolute atomic E-state index is 0.0304. The normalized spacial score (nSPS) is 21.6. The highest BCUT2D eigenvalue weighted by Gasteiger charge is 2.55. The Hall–Kier alpha value is -6.36. The summed E-state index contributed by atoms with van der Waals surface area (Å²) >= 11 is 0. The van der Waals surface area contributed by atoms with Gasteiger partial charge in [0, 0.05) is 24.6 Å². The average molecular weight is 893 g/mol. The summed E-state index contributed by atoms with van der Waals surface area (Å²) in [4.78, 5) is 72.3. The zero-order chi connectivity index (χ0) is 45.6. The number of imidazole rings is 2. The van der Waals surface area contributed by atoms with Crippen LogP contribution in [0, 0.1) is 17.3 Å². The number of halogens is 2. The molecule has 0 radical (unpaired) electrons. The van der Waals surface area contributed by atoms with Crippen molar-refractivity contribution in [2.75, 3.05) is 27.4 Å². The molecule has 4 fully saturated rings. The van der Waals surface area contributed by atoms with Gasteiger partial charge in [-0.25, -0.2) is 19.6 Å². The zero-order valence-corrected chi connectivity index (χ0v) is 36.8. The lowest BCUT2D eigenvalue weighted by molar-refractivity contribution is -0.141. The zero-order valence-electron chi connectivity index (χ0n) is 36.8. The molecule has 0 unspecified atom stereocenters. The molecule has 17 heteroatoms. The number of carbonyl (C=O) groups excluding carboxylic acids is 4. The molecule has 2 aromatic heterocycles. The van der Waals surface area contributed by atoms with Crippen LogP contribution in [-0.2, 0) is 23.8 Å². The van der Waals surface area contributed by atoms with Crippen LogP contribution < -0.4 is 10.6 Å². The number of alkyl halides is 2. The van der Waals surface area contributed by atoms with Gasteiger partial charge in [0.05, 0.1) is 56.7 Å². The minimum Gasteiger partial charge on any atom is -0.453 e. The van der Waals surface area contributed by atoms with Crippen LogP contribution in [0.5, 0.6) is 0 Å². The predicted octanol–water partition coefficient (Wildman–Crippen LogP) is 8.13. The van der Waals surface area contributed by atoms with E-state index in [2.05, 4.69) is 79.9 Å². The van der Waals surface area contributed by atoms with Crippen molar-refractivity contribution >= 4 is 34.8 Å². The number of piperidine rings is 1. The fraction of sp³-hybridized carbons (Fsp3) is 0.458. The molecule has 6 atom stereocenters. The average Bonchev–Trinajstić information content (AvgIpc) is 3.94. The van der Waals surface area contributed by atoms with Crippen LogP contribution in [0.1, 0.15) is 82.5 Å². The standard InChI is InChI=1S/C48H54F2N8O7/c1-26(2)39(56-47(62)64-4)44(60)58-34-14-13-33(21-34)40(58)42-52-23-36(54-42)28-7-5-27(6-8-28)29-9-10-31-20-32(12-11-30(31)19-29)37-24-51-41(53-37)38-22-48(16-17-48)25-57(38)43(59)35(55-46(61)63-3)15-18-65-45(49)50/h5-12,19-20,23-24,26,33-35,38-40,45H,13-18,21-22,25H2,1-4H3,(H,51,53)(H,52,54)(H,55,61)(H,56,62)/t33-,34-,35+,38+,39+,40+/m1/s1. The number of aromatic nitrogens is 4. The van der Waals surface area contributed by atoms with Crippen molar-refractivity contribution in [1.29, 1.82) is 0 Å². The second-order valence-electron chi connectivity index (χ2n) is 18.3. The number of aromatic amines is 2. The maximum Gasteiger partial charge on any atom is 0.407 e. The highest BCUT2D eigenvalue weighted by atomic mass is 19.3. The summed E-state index contributed by atoms with van der Waals surface area (Å²) < 4.78 is 39.5. The molecular formula is C48H54F2N8O7. The van der Waals surface area contributed by atoms with E-state index in [4.69, 9.17) is 19.4 Å². The first-order valence-electron chi connectivity index (χ1n) is 22.3. The number of hydrogen-bond acceptors (Lipinski definition) is 9. The van der Waals surface area contributed by atoms with Crippen LogP contribution in [0.2, 0.25) is 0 Å². The van der Waals surface area contributed by atoms with Crippen molar-refractivity contribution in [3.05, 3.63) is 84.7 Å². The van der Waals surface area contributed by atoms with Crippen LogP contribution in [0.4, 0.5) is 18.4 Å². The van der Waals surface area contributed by atoms with Gasteiger partial charge in [0.2, 0.25) is 11.8 Å². The maximum atomic E-state index is 14.0. The monoisotopic (exact) mass is 892 g/mol. The number of fused-ring (bicyclic) bond motifs is 3. The molecule has 4 aliphatic rings. The third kappa shape index (κ3) is 8.89. The van der Waals surface area contributed by atoms with Crippen LogP contribution in [0.3, 0.4) is 0 Å². The van der Waals surface area contributed by atoms with Crippen molar-refractivity contribution in [3.8, 4) is 33.6 Å². The summed E-state index contributed by atoms with van der Waals surface area (Å²) in [5.41, 5.74) is 5.63. The van der Waals surface area contributed by atoms with Gasteiger partial charge in [0.15, 0.2) is 0 Å². The molecule has 1 spiro atoms. The van der Waals surface area contributed by atoms with Crippen LogP contribution in [-0.4, -0.2) is 106 Å². The van der Waals surface area contributed by atoms with E-state index in [1.165, 1.54) is 14.2 Å². The lowest BCUT2D eigenvalue weighted by Gasteiger charge is -2.37. The van der Waals surface area contributed by atoms with E-state index in [-0.39, 0.29) is 41.8 Å². The Morgan fingerprint density at radius 3 is 2.09 bits per heavy atom. The second kappa shape index (κ2) is 17.9. The molecule has 2 saturated carbocycles. The van der Waals surface area contributed by atoms with Gasteiger partial charge >= 0.3 is 18.8 Å². The fourth-order valence-electron chi connectivity index (χ4n) is 10.2. The van der Waals surface area contributed by atoms with Gasteiger partial charge in [-0.15, -0.1) is 0 Å². The molecule has 5 aromatic rings. The first-order chi connectivity index (χ1) is 31.3. The van der Waals surface area contributed by atoms with Crippen molar-refractivity contribution < 1.29 is 42.2 Å². The fourth-order valence-corrected chi connectivity index (χ4v) is 10.2. The van der Waals surface area contributed by atoms with Gasteiger partial charge in [-0.05, 0) is 95.4 Å². The molecule has 2 saturated heterocycles. The first-order valence-corrected chi connectivity index (χ1v) is 22.3. The van der Waals surface area contributed by atoms with Crippen LogP contribution >= 0.6 is 0 Å². The number of carbonyl (C=O) groups is 4. The Morgan fingerprint density at radius 1 is 0.800 bits per heavy atom. The van der Waals surface area contributed by atoms with E-state index in [1.54, 1.807) is 11.1 Å². The molecule has 2 aliphatic carbocycles. The predicted molar refractivity (Wildman–Crippen MR) is 236 cm³/mol. The Balaban J connectivity index is 0.884. The lowest BCUT2D eigenvalue weighted by Crippen LogP contribution is -2.54. The van der Waals surface area contributed by atoms with Crippen molar-refractivity contribution in [1.82, 2.24) is 40.4 Å². The van der Waals surface area contributed by atoms with Crippen LogP contribution in [0.25, 0.3) is 44.4 Å². The molecule has 3 aromatic carbocycles. The summed E-state index contributed by atoms with van der Waals surface area (Å²) in [5, 5.41) is 7.35. The molecule has 4 amide bonds. The molecular weight excluding hydrogens is 839 g/mol. The third-order valence-electron chi connectivity index (χ3n) is 13.9. The highest BCUT2D eigenvalue weighted by Crippen LogP contribution is 2.58. The molecule has 9 rings (SSSR count). The molecule has 2 aliphatic heterocycles. The van der Waals surface area contributed by atoms with E-state index in [9.17, 15) is 28.0 Å². The molecule has 2 bridgehead atoms. The van der Waals surface area contributed by atoms with Gasteiger partial charge in [0.1, 0.15) is 23.7 Å². The number of alkyl carbamates (subject to hydrolysis) is 2. The van der Waals surface area contributed by atoms with E-state index in [0.29, 0.717) is 24.7 Å². The van der Waals surface area contributed by atoms with Gasteiger partial charge in [-0.3, -0.25) is 9.59 Å². The number of H-pyrrole nitrogens is 2. The number of amides is 4. The topological polar surface area (TPSA) is 184 Å². The van der Waals surface area contributed by atoms with Gasteiger partial charge < -0.3 is 44.6 Å². The molecule has 65 heavy (non-hydrogen) atoms. The summed E-state index contributed by atoms with van der Waals surface area (Å²) in [5.74, 6) is 1.05. The summed E-state index contributed by atoms with van der Waals surface area (Å²) in [6, 6.07) is 18.6. The molecule has 342 valence electrons. The van der Waals surface area contributed by atoms with E-state index < -0.39 is 43.4 Å². The number of rotatable bonds is 14. The van der Waals surface area contributed by atoms with Gasteiger partial charge in [-0.2, -0.15) is 8.78 Å². The summed E-state index contributed by atoms with van der Waals surface area (Å²) in [6.07, 6.45) is 7.51. The number of ether oxygens (including phenoxy) is 3. The number of benzene rings is 3. The van der Waals surface area contributed by atoms with Crippen molar-refractivity contribution in [2.45, 2.75) is 95.6 Å². The van der Waals surface area contributed by atoms with E-state index in [1.807, 2.05) is 31.0 Å². The van der Waals surface area contributed by atoms with Crippen molar-refractivity contribution in [2.24, 2.45) is 17.3 Å². The molecule has 15 nitrogen and oxygen atoms in total. The summed E-state index contributed by atoms with van der Waals surface area (Å²) in [6.45, 7) is 0.912. The molecule has 4 heterocycles. The Kier molecular flexibility index (Phi) is 12.1. The number of nitrogens with one attached hydrogen (secondary N) is 4. The summed E-state index contributed by atoms with van der Waals surface area (Å²) in [7, 11) is 2.47. The largest absolute Gasteiger partial charge is 0.453 e. The third-order valence-corrected chi connectivity index (χ3v) is 13.9. The Morgan fingerprint density at radius 2 is 1.42 bits per heavy atom.